The lowest BCUT2D eigenvalue weighted by molar-refractivity contribution is 1.04. The Balaban J connectivity index is 2.24. The smallest absolute Gasteiger partial charge is 0.144 e. The maximum absolute atomic E-state index is 9.34. The lowest BCUT2D eigenvalue weighted by Crippen LogP contribution is -2.02. The van der Waals surface area contributed by atoms with Crippen LogP contribution in [0.5, 0.6) is 0 Å². The summed E-state index contributed by atoms with van der Waals surface area (Å²) in [4.78, 5) is 4.42. The maximum Gasteiger partial charge on any atom is 0.144 e. The van der Waals surface area contributed by atoms with Crippen LogP contribution in [0.15, 0.2) is 54.9 Å². The van der Waals surface area contributed by atoms with Crippen molar-refractivity contribution in [1.82, 2.24) is 9.55 Å². The average molecular weight is 274 g/mol. The second-order valence-corrected chi connectivity index (χ2v) is 4.83. The van der Waals surface area contributed by atoms with E-state index in [0.717, 1.165) is 22.6 Å². The first kappa shape index (κ1) is 12.9. The number of rotatable bonds is 2. The molecule has 0 fully saturated rings. The molecular weight excluding hydrogens is 260 g/mol. The van der Waals surface area contributed by atoms with Gasteiger partial charge in [0, 0.05) is 23.6 Å². The molecule has 3 aromatic rings. The highest BCUT2D eigenvalue weighted by atomic mass is 15.1. The van der Waals surface area contributed by atoms with Gasteiger partial charge < -0.3 is 5.73 Å². The topological polar surface area (TPSA) is 67.6 Å². The normalized spacial score (nSPS) is 10.3. The van der Waals surface area contributed by atoms with E-state index in [9.17, 15) is 5.26 Å². The van der Waals surface area contributed by atoms with Crippen LogP contribution >= 0.6 is 0 Å². The minimum Gasteiger partial charge on any atom is -0.399 e. The first-order chi connectivity index (χ1) is 10.2. The molecule has 3 rings (SSSR count). The monoisotopic (exact) mass is 274 g/mol. The zero-order valence-corrected chi connectivity index (χ0v) is 11.6. The summed E-state index contributed by atoms with van der Waals surface area (Å²) in [6.45, 7) is 1.99. The third-order valence-electron chi connectivity index (χ3n) is 3.38. The summed E-state index contributed by atoms with van der Waals surface area (Å²) in [6, 6.07) is 15.5. The highest BCUT2D eigenvalue weighted by molar-refractivity contribution is 5.66. The van der Waals surface area contributed by atoms with E-state index >= 15 is 0 Å². The van der Waals surface area contributed by atoms with Crippen molar-refractivity contribution >= 4 is 5.69 Å². The molecule has 1 heterocycles. The largest absolute Gasteiger partial charge is 0.399 e. The Morgan fingerprint density at radius 2 is 2.00 bits per heavy atom. The zero-order valence-electron chi connectivity index (χ0n) is 11.6. The van der Waals surface area contributed by atoms with Gasteiger partial charge in [0.05, 0.1) is 11.3 Å². The van der Waals surface area contributed by atoms with Crippen molar-refractivity contribution in [3.8, 4) is 23.1 Å². The second-order valence-electron chi connectivity index (χ2n) is 4.83. The highest BCUT2D eigenvalue weighted by Gasteiger charge is 2.13. The minimum atomic E-state index is 0.623. The zero-order chi connectivity index (χ0) is 14.8. The molecule has 1 aromatic heterocycles. The van der Waals surface area contributed by atoms with Crippen LogP contribution in [-0.2, 0) is 0 Å². The molecule has 0 spiro atoms. The molecule has 0 aliphatic heterocycles. The lowest BCUT2D eigenvalue weighted by Gasteiger charge is -2.12. The van der Waals surface area contributed by atoms with Crippen LogP contribution in [0.2, 0.25) is 0 Å². The number of anilines is 1. The molecule has 0 unspecified atom stereocenters. The molecule has 0 saturated carbocycles. The average Bonchev–Trinajstić information content (AvgIpc) is 2.96. The predicted molar refractivity (Wildman–Crippen MR) is 82.9 cm³/mol. The van der Waals surface area contributed by atoms with Gasteiger partial charge in [0.15, 0.2) is 0 Å². The van der Waals surface area contributed by atoms with Gasteiger partial charge >= 0.3 is 0 Å². The summed E-state index contributed by atoms with van der Waals surface area (Å²) in [5.41, 5.74) is 9.97. The number of nitrogens with two attached hydrogens (primary N) is 1. The van der Waals surface area contributed by atoms with Gasteiger partial charge in [-0.2, -0.15) is 5.26 Å². The summed E-state index contributed by atoms with van der Waals surface area (Å²) < 4.78 is 1.93. The van der Waals surface area contributed by atoms with Crippen LogP contribution in [0, 0.1) is 18.3 Å². The standard InChI is InChI=1S/C17H14N4/c1-12-4-2-6-14(11-18)16(12)21-9-8-20-17(21)13-5-3-7-15(19)10-13/h2-10H,19H2,1H3. The molecule has 4 heteroatoms. The number of imidazole rings is 1. The van der Waals surface area contributed by atoms with Crippen molar-refractivity contribution in [2.24, 2.45) is 0 Å². The Labute approximate surface area is 123 Å². The van der Waals surface area contributed by atoms with Crippen LogP contribution in [0.4, 0.5) is 5.69 Å². The number of nitriles is 1. The minimum absolute atomic E-state index is 0.623. The Morgan fingerprint density at radius 3 is 2.76 bits per heavy atom. The second kappa shape index (κ2) is 5.14. The van der Waals surface area contributed by atoms with E-state index in [-0.39, 0.29) is 0 Å². The fourth-order valence-electron chi connectivity index (χ4n) is 2.44. The number of aryl methyl sites for hydroxylation is 1. The van der Waals surface area contributed by atoms with Gasteiger partial charge in [0.2, 0.25) is 0 Å². The van der Waals surface area contributed by atoms with Gasteiger partial charge in [0.25, 0.3) is 0 Å². The van der Waals surface area contributed by atoms with Gasteiger partial charge in [-0.1, -0.05) is 24.3 Å². The van der Waals surface area contributed by atoms with Crippen LogP contribution < -0.4 is 5.73 Å². The molecule has 102 valence electrons. The third-order valence-corrected chi connectivity index (χ3v) is 3.38. The van der Waals surface area contributed by atoms with Crippen molar-refractivity contribution in [3.05, 3.63) is 66.0 Å². The molecule has 0 atom stereocenters. The molecule has 4 nitrogen and oxygen atoms in total. The molecule has 0 radical (unpaired) electrons. The number of hydrogen-bond acceptors (Lipinski definition) is 3. The molecule has 21 heavy (non-hydrogen) atoms. The van der Waals surface area contributed by atoms with Gasteiger partial charge in [-0.05, 0) is 30.7 Å². The summed E-state index contributed by atoms with van der Waals surface area (Å²) in [6.07, 6.45) is 3.59. The Hall–Kier alpha value is -3.06. The molecular formula is C17H14N4. The van der Waals surface area contributed by atoms with Gasteiger partial charge in [0.1, 0.15) is 11.9 Å². The SMILES string of the molecule is Cc1cccc(C#N)c1-n1ccnc1-c1cccc(N)c1. The van der Waals surface area contributed by atoms with E-state index in [1.165, 1.54) is 0 Å². The van der Waals surface area contributed by atoms with E-state index in [0.29, 0.717) is 11.3 Å². The number of nitrogen functional groups attached to an aromatic ring is 1. The van der Waals surface area contributed by atoms with Gasteiger partial charge in [-0.25, -0.2) is 4.98 Å². The molecule has 2 N–H and O–H groups in total. The van der Waals surface area contributed by atoms with E-state index in [2.05, 4.69) is 11.1 Å². The summed E-state index contributed by atoms with van der Waals surface area (Å²) in [5, 5.41) is 9.34. The fourth-order valence-corrected chi connectivity index (χ4v) is 2.44. The third kappa shape index (κ3) is 2.26. The van der Waals surface area contributed by atoms with Gasteiger partial charge in [-0.15, -0.1) is 0 Å². The predicted octanol–water partition coefficient (Wildman–Crippen LogP) is 3.30. The van der Waals surface area contributed by atoms with Crippen LogP contribution in [0.1, 0.15) is 11.1 Å². The van der Waals surface area contributed by atoms with Crippen molar-refractivity contribution in [3.63, 3.8) is 0 Å². The quantitative estimate of drug-likeness (QED) is 0.729. The number of hydrogen-bond donors (Lipinski definition) is 1. The fraction of sp³-hybridized carbons (Fsp3) is 0.0588. The molecule has 0 saturated heterocycles. The first-order valence-electron chi connectivity index (χ1n) is 6.60. The van der Waals surface area contributed by atoms with Crippen molar-refractivity contribution in [2.75, 3.05) is 5.73 Å². The number of para-hydroxylation sites is 1. The molecule has 2 aromatic carbocycles. The van der Waals surface area contributed by atoms with Crippen molar-refractivity contribution in [2.45, 2.75) is 6.92 Å². The Bertz CT molecular complexity index is 840. The summed E-state index contributed by atoms with van der Waals surface area (Å²) >= 11 is 0. The highest BCUT2D eigenvalue weighted by Crippen LogP contribution is 2.26. The Kier molecular flexibility index (Phi) is 3.17. The Morgan fingerprint density at radius 1 is 1.19 bits per heavy atom. The van der Waals surface area contributed by atoms with E-state index in [1.54, 1.807) is 6.20 Å². The number of aromatic nitrogens is 2. The lowest BCUT2D eigenvalue weighted by atomic mass is 10.1. The maximum atomic E-state index is 9.34. The van der Waals surface area contributed by atoms with E-state index in [4.69, 9.17) is 5.73 Å². The van der Waals surface area contributed by atoms with Gasteiger partial charge in [-0.3, -0.25) is 4.57 Å². The first-order valence-corrected chi connectivity index (χ1v) is 6.60. The van der Waals surface area contributed by atoms with E-state index < -0.39 is 0 Å². The molecule has 0 bridgehead atoms. The molecule has 0 aliphatic carbocycles. The van der Waals surface area contributed by atoms with Crippen molar-refractivity contribution in [1.29, 1.82) is 5.26 Å². The summed E-state index contributed by atoms with van der Waals surface area (Å²) in [5.74, 6) is 0.771. The van der Waals surface area contributed by atoms with Crippen LogP contribution in [0.25, 0.3) is 17.1 Å². The summed E-state index contributed by atoms with van der Waals surface area (Å²) in [7, 11) is 0. The molecule has 0 amide bonds. The van der Waals surface area contributed by atoms with Crippen LogP contribution in [0.3, 0.4) is 0 Å². The van der Waals surface area contributed by atoms with Crippen molar-refractivity contribution < 1.29 is 0 Å². The van der Waals surface area contributed by atoms with E-state index in [1.807, 2.05) is 60.2 Å². The number of nitrogens with zero attached hydrogens (tertiary/aromatic N) is 3. The number of benzene rings is 2. The van der Waals surface area contributed by atoms with Crippen LogP contribution in [-0.4, -0.2) is 9.55 Å². The molecule has 0 aliphatic rings.